The lowest BCUT2D eigenvalue weighted by molar-refractivity contribution is -0.141. The Bertz CT molecular complexity index is 454. The van der Waals surface area contributed by atoms with Crippen LogP contribution in [0.25, 0.3) is 0 Å². The molecular formula is C17H25NO3. The number of aryl methyl sites for hydroxylation is 1. The summed E-state index contributed by atoms with van der Waals surface area (Å²) in [5.41, 5.74) is 2.24. The minimum atomic E-state index is -0.863. The molecule has 0 bridgehead atoms. The summed E-state index contributed by atoms with van der Waals surface area (Å²) in [5, 5.41) is 11.6. The van der Waals surface area contributed by atoms with Crippen LogP contribution in [0.3, 0.4) is 0 Å². The number of unbranched alkanes of at least 4 members (excludes halogenated alkanes) is 1. The van der Waals surface area contributed by atoms with Gasteiger partial charge in [-0.1, -0.05) is 44.5 Å². The van der Waals surface area contributed by atoms with Crippen LogP contribution in [0, 0.1) is 5.92 Å². The van der Waals surface area contributed by atoms with E-state index in [4.69, 9.17) is 5.11 Å². The van der Waals surface area contributed by atoms with Crippen LogP contribution in [-0.2, 0) is 22.4 Å². The molecular weight excluding hydrogens is 266 g/mol. The van der Waals surface area contributed by atoms with E-state index < -0.39 is 11.9 Å². The molecule has 4 heteroatoms. The summed E-state index contributed by atoms with van der Waals surface area (Å²) in [4.78, 5) is 22.7. The second kappa shape index (κ2) is 9.16. The number of carbonyl (C=O) groups excluding carboxylic acids is 1. The molecule has 0 radical (unpaired) electrons. The summed E-state index contributed by atoms with van der Waals surface area (Å²) in [6, 6.07) is 8.06. The second-order valence-corrected chi connectivity index (χ2v) is 5.34. The molecule has 1 amide bonds. The Morgan fingerprint density at radius 2 is 1.76 bits per heavy atom. The van der Waals surface area contributed by atoms with E-state index in [0.29, 0.717) is 12.8 Å². The Morgan fingerprint density at radius 3 is 2.29 bits per heavy atom. The van der Waals surface area contributed by atoms with Crippen molar-refractivity contribution in [1.29, 1.82) is 0 Å². The Labute approximate surface area is 126 Å². The van der Waals surface area contributed by atoms with E-state index in [2.05, 4.69) is 24.4 Å². The number of aliphatic carboxylic acids is 1. The van der Waals surface area contributed by atoms with Gasteiger partial charge in [-0.15, -0.1) is 0 Å². The van der Waals surface area contributed by atoms with Gasteiger partial charge >= 0.3 is 5.97 Å². The summed E-state index contributed by atoms with van der Waals surface area (Å²) >= 11 is 0. The third kappa shape index (κ3) is 6.43. The van der Waals surface area contributed by atoms with Crippen molar-refractivity contribution in [1.82, 2.24) is 5.32 Å². The topological polar surface area (TPSA) is 66.4 Å². The standard InChI is InChI=1S/C17H25NO3/c1-3-5-6-13-7-9-14(10-8-13)11-16(19)18-12-15(4-2)17(20)21/h7-10,15H,3-6,11-12H2,1-2H3,(H,18,19)(H,20,21). The molecule has 0 saturated carbocycles. The average Bonchev–Trinajstić information content (AvgIpc) is 2.47. The Kier molecular flexibility index (Phi) is 7.51. The molecule has 1 aromatic rings. The van der Waals surface area contributed by atoms with Crippen molar-refractivity contribution in [2.24, 2.45) is 5.92 Å². The van der Waals surface area contributed by atoms with Crippen molar-refractivity contribution < 1.29 is 14.7 Å². The van der Waals surface area contributed by atoms with E-state index in [0.717, 1.165) is 12.0 Å². The highest BCUT2D eigenvalue weighted by molar-refractivity contribution is 5.79. The Morgan fingerprint density at radius 1 is 1.14 bits per heavy atom. The van der Waals surface area contributed by atoms with Gasteiger partial charge in [0.1, 0.15) is 0 Å². The van der Waals surface area contributed by atoms with Gasteiger partial charge in [0.25, 0.3) is 0 Å². The summed E-state index contributed by atoms with van der Waals surface area (Å²) in [7, 11) is 0. The van der Waals surface area contributed by atoms with Gasteiger partial charge in [-0.3, -0.25) is 9.59 Å². The molecule has 4 nitrogen and oxygen atoms in total. The first-order valence-electron chi connectivity index (χ1n) is 7.64. The lowest BCUT2D eigenvalue weighted by Gasteiger charge is -2.11. The summed E-state index contributed by atoms with van der Waals surface area (Å²) in [6.07, 6.45) is 4.23. The fourth-order valence-corrected chi connectivity index (χ4v) is 2.10. The normalized spacial score (nSPS) is 11.9. The van der Waals surface area contributed by atoms with Crippen LogP contribution in [0.15, 0.2) is 24.3 Å². The quantitative estimate of drug-likeness (QED) is 0.735. The first-order chi connectivity index (χ1) is 10.1. The molecule has 0 heterocycles. The fraction of sp³-hybridized carbons (Fsp3) is 0.529. The maximum atomic E-state index is 11.8. The summed E-state index contributed by atoms with van der Waals surface area (Å²) in [5.74, 6) is -1.50. The lowest BCUT2D eigenvalue weighted by atomic mass is 10.0. The molecule has 1 atom stereocenters. The summed E-state index contributed by atoms with van der Waals surface area (Å²) in [6.45, 7) is 4.17. The Balaban J connectivity index is 2.42. The fourth-order valence-electron chi connectivity index (χ4n) is 2.10. The zero-order valence-electron chi connectivity index (χ0n) is 12.9. The molecule has 21 heavy (non-hydrogen) atoms. The molecule has 0 aliphatic carbocycles. The number of amides is 1. The SMILES string of the molecule is CCCCc1ccc(CC(=O)NCC(CC)C(=O)O)cc1. The molecule has 2 N–H and O–H groups in total. The molecule has 0 aromatic heterocycles. The minimum absolute atomic E-state index is 0.129. The molecule has 116 valence electrons. The zero-order valence-corrected chi connectivity index (χ0v) is 12.9. The molecule has 1 rings (SSSR count). The van der Waals surface area contributed by atoms with Crippen molar-refractivity contribution in [3.05, 3.63) is 35.4 Å². The van der Waals surface area contributed by atoms with Crippen LogP contribution < -0.4 is 5.32 Å². The zero-order chi connectivity index (χ0) is 15.7. The molecule has 1 aromatic carbocycles. The third-order valence-corrected chi connectivity index (χ3v) is 3.59. The maximum Gasteiger partial charge on any atom is 0.308 e. The predicted molar refractivity (Wildman–Crippen MR) is 83.2 cm³/mol. The van der Waals surface area contributed by atoms with Crippen LogP contribution in [0.5, 0.6) is 0 Å². The molecule has 0 aliphatic heterocycles. The number of carboxylic acids is 1. The van der Waals surface area contributed by atoms with Crippen molar-refractivity contribution in [2.75, 3.05) is 6.54 Å². The van der Waals surface area contributed by atoms with Gasteiger partial charge in [0.2, 0.25) is 5.91 Å². The number of benzene rings is 1. The third-order valence-electron chi connectivity index (χ3n) is 3.59. The first kappa shape index (κ1) is 17.2. The molecule has 0 saturated heterocycles. The van der Waals surface area contributed by atoms with Gasteiger partial charge in [-0.2, -0.15) is 0 Å². The highest BCUT2D eigenvalue weighted by atomic mass is 16.4. The van der Waals surface area contributed by atoms with E-state index in [1.807, 2.05) is 12.1 Å². The monoisotopic (exact) mass is 291 g/mol. The van der Waals surface area contributed by atoms with E-state index in [1.54, 1.807) is 6.92 Å². The Hall–Kier alpha value is -1.84. The second-order valence-electron chi connectivity index (χ2n) is 5.34. The molecule has 0 spiro atoms. The van der Waals surface area contributed by atoms with E-state index in [9.17, 15) is 9.59 Å². The van der Waals surface area contributed by atoms with E-state index in [-0.39, 0.29) is 12.5 Å². The van der Waals surface area contributed by atoms with Crippen molar-refractivity contribution in [3.8, 4) is 0 Å². The predicted octanol–water partition coefficient (Wildman–Crippen LogP) is 2.80. The summed E-state index contributed by atoms with van der Waals surface area (Å²) < 4.78 is 0. The van der Waals surface area contributed by atoms with Gasteiger partial charge in [-0.05, 0) is 30.4 Å². The first-order valence-corrected chi connectivity index (χ1v) is 7.64. The van der Waals surface area contributed by atoms with E-state index >= 15 is 0 Å². The smallest absolute Gasteiger partial charge is 0.308 e. The van der Waals surface area contributed by atoms with Crippen LogP contribution in [-0.4, -0.2) is 23.5 Å². The van der Waals surface area contributed by atoms with Crippen LogP contribution >= 0.6 is 0 Å². The van der Waals surface area contributed by atoms with Crippen molar-refractivity contribution in [3.63, 3.8) is 0 Å². The van der Waals surface area contributed by atoms with Crippen LogP contribution in [0.4, 0.5) is 0 Å². The van der Waals surface area contributed by atoms with Crippen molar-refractivity contribution >= 4 is 11.9 Å². The van der Waals surface area contributed by atoms with Gasteiger partial charge in [0.15, 0.2) is 0 Å². The van der Waals surface area contributed by atoms with Crippen LogP contribution in [0.2, 0.25) is 0 Å². The maximum absolute atomic E-state index is 11.8. The number of rotatable bonds is 9. The van der Waals surface area contributed by atoms with Crippen LogP contribution in [0.1, 0.15) is 44.2 Å². The highest BCUT2D eigenvalue weighted by Crippen LogP contribution is 2.08. The average molecular weight is 291 g/mol. The number of hydrogen-bond acceptors (Lipinski definition) is 2. The highest BCUT2D eigenvalue weighted by Gasteiger charge is 2.15. The van der Waals surface area contributed by atoms with Gasteiger partial charge < -0.3 is 10.4 Å². The number of carbonyl (C=O) groups is 2. The number of hydrogen-bond donors (Lipinski definition) is 2. The number of carboxylic acid groups (broad SMARTS) is 1. The minimum Gasteiger partial charge on any atom is -0.481 e. The molecule has 1 unspecified atom stereocenters. The van der Waals surface area contributed by atoms with Gasteiger partial charge in [-0.25, -0.2) is 0 Å². The lowest BCUT2D eigenvalue weighted by Crippen LogP contribution is -2.33. The van der Waals surface area contributed by atoms with E-state index in [1.165, 1.54) is 18.4 Å². The largest absolute Gasteiger partial charge is 0.481 e. The van der Waals surface area contributed by atoms with Gasteiger partial charge in [0, 0.05) is 6.54 Å². The molecule has 0 fully saturated rings. The van der Waals surface area contributed by atoms with Gasteiger partial charge in [0.05, 0.1) is 12.3 Å². The molecule has 0 aliphatic rings. The number of nitrogens with one attached hydrogen (secondary N) is 1. The van der Waals surface area contributed by atoms with Crippen molar-refractivity contribution in [2.45, 2.75) is 46.0 Å².